The van der Waals surface area contributed by atoms with E-state index in [4.69, 9.17) is 5.11 Å². The van der Waals surface area contributed by atoms with Crippen LogP contribution in [0, 0.1) is 13.8 Å². The lowest BCUT2D eigenvalue weighted by molar-refractivity contribution is -0.140. The Bertz CT molecular complexity index is 662. The summed E-state index contributed by atoms with van der Waals surface area (Å²) in [6.45, 7) is 2.86. The first kappa shape index (κ1) is 17.2. The van der Waals surface area contributed by atoms with Crippen LogP contribution in [-0.4, -0.2) is 55.5 Å². The monoisotopic (exact) mass is 318 g/mol. The summed E-state index contributed by atoms with van der Waals surface area (Å²) in [5.41, 5.74) is 0.229. The molecule has 0 saturated carbocycles. The van der Waals surface area contributed by atoms with E-state index in [1.165, 1.54) is 28.0 Å². The van der Waals surface area contributed by atoms with Crippen LogP contribution in [0.15, 0.2) is 4.90 Å². The van der Waals surface area contributed by atoms with Crippen molar-refractivity contribution < 1.29 is 27.9 Å². The molecule has 0 aromatic carbocycles. The van der Waals surface area contributed by atoms with E-state index in [0.29, 0.717) is 0 Å². The molecule has 1 aromatic rings. The molecule has 0 aliphatic rings. The number of methoxy groups -OCH3 is 1. The molecule has 118 valence electrons. The second-order valence-corrected chi connectivity index (χ2v) is 6.52. The van der Waals surface area contributed by atoms with Gasteiger partial charge in [0.2, 0.25) is 10.0 Å². The maximum atomic E-state index is 12.5. The minimum atomic E-state index is -3.89. The minimum Gasteiger partial charge on any atom is -0.477 e. The Hall–Kier alpha value is -1.87. The maximum Gasteiger partial charge on any atom is 0.352 e. The molecule has 0 bridgehead atoms. The predicted octanol–water partition coefficient (Wildman–Crippen LogP) is 0.513. The fourth-order valence-corrected chi connectivity index (χ4v) is 3.53. The number of carboxylic acid groups (broad SMARTS) is 1. The third-order valence-electron chi connectivity index (χ3n) is 3.11. The van der Waals surface area contributed by atoms with Gasteiger partial charge in [-0.1, -0.05) is 0 Å². The van der Waals surface area contributed by atoms with Crippen molar-refractivity contribution >= 4 is 22.0 Å². The number of rotatable bonds is 6. The van der Waals surface area contributed by atoms with Gasteiger partial charge in [-0.05, 0) is 13.8 Å². The van der Waals surface area contributed by atoms with Crippen LogP contribution in [0.3, 0.4) is 0 Å². The van der Waals surface area contributed by atoms with Crippen LogP contribution in [-0.2, 0) is 19.6 Å². The molecule has 1 rings (SSSR count). The van der Waals surface area contributed by atoms with Crippen molar-refractivity contribution in [2.45, 2.75) is 25.2 Å². The second kappa shape index (κ2) is 6.27. The van der Waals surface area contributed by atoms with Crippen molar-refractivity contribution in [1.82, 2.24) is 9.29 Å². The second-order valence-electron chi connectivity index (χ2n) is 4.54. The topological polar surface area (TPSA) is 117 Å². The Labute approximate surface area is 122 Å². The quantitative estimate of drug-likeness (QED) is 0.738. The van der Waals surface area contributed by atoms with Gasteiger partial charge in [0.1, 0.15) is 10.6 Å². The summed E-state index contributed by atoms with van der Waals surface area (Å²) in [5, 5.41) is 9.01. The number of aromatic carboxylic acids is 1. The Kier molecular flexibility index (Phi) is 5.13. The third-order valence-corrected chi connectivity index (χ3v) is 5.24. The largest absolute Gasteiger partial charge is 0.477 e. The SMILES string of the molecule is COC(=O)CCN(C)S(=O)(=O)c1c(C)[nH]c(C(=O)O)c1C. The number of nitrogens with zero attached hydrogens (tertiary/aromatic N) is 1. The number of carboxylic acids is 1. The van der Waals surface area contributed by atoms with Crippen molar-refractivity contribution in [3.05, 3.63) is 17.0 Å². The molecule has 0 aliphatic heterocycles. The molecule has 21 heavy (non-hydrogen) atoms. The number of aromatic amines is 1. The van der Waals surface area contributed by atoms with Gasteiger partial charge in [0.25, 0.3) is 0 Å². The van der Waals surface area contributed by atoms with Gasteiger partial charge in [0.15, 0.2) is 0 Å². The van der Waals surface area contributed by atoms with E-state index in [2.05, 4.69) is 9.72 Å². The highest BCUT2D eigenvalue weighted by Gasteiger charge is 2.29. The van der Waals surface area contributed by atoms with Crippen molar-refractivity contribution in [2.75, 3.05) is 20.7 Å². The Balaban J connectivity index is 3.14. The van der Waals surface area contributed by atoms with Crippen LogP contribution in [0.4, 0.5) is 0 Å². The lowest BCUT2D eigenvalue weighted by atomic mass is 10.2. The molecule has 0 atom stereocenters. The number of nitrogens with one attached hydrogen (secondary N) is 1. The van der Waals surface area contributed by atoms with Gasteiger partial charge in [-0.2, -0.15) is 0 Å². The maximum absolute atomic E-state index is 12.5. The fourth-order valence-electron chi connectivity index (χ4n) is 1.96. The van der Waals surface area contributed by atoms with E-state index in [0.717, 1.165) is 4.31 Å². The summed E-state index contributed by atoms with van der Waals surface area (Å²) in [5.74, 6) is -1.75. The van der Waals surface area contributed by atoms with Crippen molar-refractivity contribution in [2.24, 2.45) is 0 Å². The van der Waals surface area contributed by atoms with Gasteiger partial charge in [0, 0.05) is 24.8 Å². The highest BCUT2D eigenvalue weighted by atomic mass is 32.2. The van der Waals surface area contributed by atoms with E-state index in [-0.39, 0.29) is 34.8 Å². The zero-order valence-corrected chi connectivity index (χ0v) is 13.1. The van der Waals surface area contributed by atoms with E-state index < -0.39 is 22.0 Å². The van der Waals surface area contributed by atoms with E-state index in [1.54, 1.807) is 0 Å². The first-order valence-corrected chi connectivity index (χ1v) is 7.52. The number of aromatic nitrogens is 1. The summed E-state index contributed by atoms with van der Waals surface area (Å²) in [4.78, 5) is 24.6. The van der Waals surface area contributed by atoms with Crippen LogP contribution < -0.4 is 0 Å². The molecule has 8 nitrogen and oxygen atoms in total. The van der Waals surface area contributed by atoms with Crippen LogP contribution in [0.25, 0.3) is 0 Å². The third kappa shape index (κ3) is 3.42. The molecule has 0 aliphatic carbocycles. The van der Waals surface area contributed by atoms with Crippen molar-refractivity contribution in [3.8, 4) is 0 Å². The van der Waals surface area contributed by atoms with Gasteiger partial charge in [-0.3, -0.25) is 4.79 Å². The summed E-state index contributed by atoms with van der Waals surface area (Å²) >= 11 is 0. The molecule has 0 unspecified atom stereocenters. The summed E-state index contributed by atoms with van der Waals surface area (Å²) in [6.07, 6.45) is -0.0828. The van der Waals surface area contributed by atoms with Crippen LogP contribution in [0.5, 0.6) is 0 Å². The number of esters is 1. The van der Waals surface area contributed by atoms with Crippen molar-refractivity contribution in [3.63, 3.8) is 0 Å². The molecule has 9 heteroatoms. The first-order valence-electron chi connectivity index (χ1n) is 6.08. The van der Waals surface area contributed by atoms with Crippen LogP contribution in [0.1, 0.15) is 28.2 Å². The number of hydrogen-bond donors (Lipinski definition) is 2. The van der Waals surface area contributed by atoms with E-state index in [9.17, 15) is 18.0 Å². The average Bonchev–Trinajstić information content (AvgIpc) is 2.71. The highest BCUT2D eigenvalue weighted by Crippen LogP contribution is 2.25. The summed E-state index contributed by atoms with van der Waals surface area (Å²) < 4.78 is 30.4. The summed E-state index contributed by atoms with van der Waals surface area (Å²) in [6, 6.07) is 0. The van der Waals surface area contributed by atoms with Gasteiger partial charge in [0.05, 0.1) is 13.5 Å². The lowest BCUT2D eigenvalue weighted by Gasteiger charge is -2.17. The highest BCUT2D eigenvalue weighted by molar-refractivity contribution is 7.89. The zero-order chi connectivity index (χ0) is 16.4. The number of sulfonamides is 1. The number of aryl methyl sites for hydroxylation is 1. The zero-order valence-electron chi connectivity index (χ0n) is 12.3. The first-order chi connectivity index (χ1) is 9.62. The van der Waals surface area contributed by atoms with Gasteiger partial charge in [-0.15, -0.1) is 0 Å². The molecular formula is C12H18N2O6S. The molecule has 2 N–H and O–H groups in total. The van der Waals surface area contributed by atoms with E-state index >= 15 is 0 Å². The normalized spacial score (nSPS) is 11.7. The van der Waals surface area contributed by atoms with E-state index in [1.807, 2.05) is 0 Å². The number of H-pyrrole nitrogens is 1. The number of hydrogen-bond acceptors (Lipinski definition) is 5. The molecule has 0 saturated heterocycles. The van der Waals surface area contributed by atoms with Gasteiger partial charge in [-0.25, -0.2) is 17.5 Å². The Morgan fingerprint density at radius 1 is 1.33 bits per heavy atom. The van der Waals surface area contributed by atoms with Crippen LogP contribution in [0.2, 0.25) is 0 Å². The predicted molar refractivity (Wildman–Crippen MR) is 73.7 cm³/mol. The Morgan fingerprint density at radius 3 is 2.33 bits per heavy atom. The van der Waals surface area contributed by atoms with Gasteiger partial charge < -0.3 is 14.8 Å². The number of ether oxygens (including phenoxy) is 1. The summed E-state index contributed by atoms with van der Waals surface area (Å²) in [7, 11) is -1.34. The van der Waals surface area contributed by atoms with Crippen LogP contribution >= 0.6 is 0 Å². The molecule has 1 heterocycles. The fraction of sp³-hybridized carbons (Fsp3) is 0.500. The average molecular weight is 318 g/mol. The Morgan fingerprint density at radius 2 is 1.90 bits per heavy atom. The van der Waals surface area contributed by atoms with Crippen molar-refractivity contribution in [1.29, 1.82) is 0 Å². The standard InChI is InChI=1S/C12H18N2O6S/c1-7-10(12(16)17)13-8(2)11(7)21(18,19)14(3)6-5-9(15)20-4/h13H,5-6H2,1-4H3,(H,16,17). The minimum absolute atomic E-state index is 0.0541. The molecular weight excluding hydrogens is 300 g/mol. The molecule has 0 spiro atoms. The van der Waals surface area contributed by atoms with Gasteiger partial charge >= 0.3 is 11.9 Å². The number of carbonyl (C=O) groups excluding carboxylic acids is 1. The smallest absolute Gasteiger partial charge is 0.352 e. The molecule has 1 aromatic heterocycles. The molecule has 0 fully saturated rings. The lowest BCUT2D eigenvalue weighted by Crippen LogP contribution is -2.30. The molecule has 0 radical (unpaired) electrons. The molecule has 0 amide bonds. The number of carbonyl (C=O) groups is 2.